The minimum Gasteiger partial charge on any atom is -0.497 e. The summed E-state index contributed by atoms with van der Waals surface area (Å²) < 4.78 is 5.18. The second-order valence-electron chi connectivity index (χ2n) is 10.3. The van der Waals surface area contributed by atoms with Crippen molar-refractivity contribution in [2.45, 2.75) is 53.6 Å². The van der Waals surface area contributed by atoms with Gasteiger partial charge >= 0.3 is 0 Å². The highest BCUT2D eigenvalue weighted by molar-refractivity contribution is 6.23. The number of hydrogen-bond acceptors (Lipinski definition) is 4. The van der Waals surface area contributed by atoms with E-state index in [1.54, 1.807) is 36.3 Å². The number of carbonyl (C=O) groups is 3. The summed E-state index contributed by atoms with van der Waals surface area (Å²) >= 11 is 0. The lowest BCUT2D eigenvalue weighted by Gasteiger charge is -2.29. The molecule has 1 unspecified atom stereocenters. The topological polar surface area (TPSA) is 66.9 Å². The summed E-state index contributed by atoms with van der Waals surface area (Å²) in [7, 11) is 1.56. The fourth-order valence-electron chi connectivity index (χ4n) is 5.07. The maximum atomic E-state index is 13.8. The molecule has 1 saturated heterocycles. The Bertz CT molecular complexity index is 1070. The fraction of sp³-hybridized carbons (Fsp3) is 0.444. The molecule has 3 amide bonds. The first-order valence-corrected chi connectivity index (χ1v) is 11.4. The van der Waals surface area contributed by atoms with Gasteiger partial charge in [0, 0.05) is 12.5 Å². The van der Waals surface area contributed by atoms with Crippen molar-refractivity contribution < 1.29 is 19.1 Å². The van der Waals surface area contributed by atoms with Crippen LogP contribution in [0.15, 0.2) is 48.5 Å². The molecule has 2 aromatic carbocycles. The van der Waals surface area contributed by atoms with Gasteiger partial charge in [-0.3, -0.25) is 14.4 Å². The Morgan fingerprint density at radius 1 is 1.00 bits per heavy atom. The Hall–Kier alpha value is -3.15. The van der Waals surface area contributed by atoms with Crippen LogP contribution >= 0.6 is 0 Å². The fourth-order valence-corrected chi connectivity index (χ4v) is 5.07. The third kappa shape index (κ3) is 3.81. The Morgan fingerprint density at radius 3 is 2.09 bits per heavy atom. The highest BCUT2D eigenvalue weighted by Crippen LogP contribution is 2.69. The van der Waals surface area contributed by atoms with E-state index in [1.807, 2.05) is 31.2 Å². The van der Waals surface area contributed by atoms with Gasteiger partial charge in [0.15, 0.2) is 0 Å². The predicted molar refractivity (Wildman–Crippen MR) is 127 cm³/mol. The molecule has 2 fully saturated rings. The number of methoxy groups -OCH3 is 1. The van der Waals surface area contributed by atoms with E-state index in [1.165, 1.54) is 4.90 Å². The van der Waals surface area contributed by atoms with Crippen LogP contribution in [0.3, 0.4) is 0 Å². The summed E-state index contributed by atoms with van der Waals surface area (Å²) in [5.41, 5.74) is 2.21. The molecule has 174 valence electrons. The second-order valence-corrected chi connectivity index (χ2v) is 10.3. The maximum absolute atomic E-state index is 13.8. The van der Waals surface area contributed by atoms with Crippen LogP contribution in [-0.4, -0.2) is 35.8 Å². The van der Waals surface area contributed by atoms with Crippen LogP contribution in [-0.2, 0) is 20.9 Å². The summed E-state index contributed by atoms with van der Waals surface area (Å²) in [4.78, 5) is 43.1. The summed E-state index contributed by atoms with van der Waals surface area (Å²) in [5.74, 6) is -0.279. The lowest BCUT2D eigenvalue weighted by molar-refractivity contribution is -0.141. The van der Waals surface area contributed by atoms with E-state index in [2.05, 4.69) is 27.7 Å². The molecule has 33 heavy (non-hydrogen) atoms. The first-order valence-electron chi connectivity index (χ1n) is 11.4. The molecule has 6 nitrogen and oxygen atoms in total. The molecule has 1 atom stereocenters. The molecule has 1 aliphatic heterocycles. The average Bonchev–Trinajstić information content (AvgIpc) is 3.01. The minimum absolute atomic E-state index is 0.0178. The lowest BCUT2D eigenvalue weighted by atomic mass is 10.0. The highest BCUT2D eigenvalue weighted by atomic mass is 16.5. The number of carbonyl (C=O) groups excluding carboxylic acids is 3. The number of nitrogens with zero attached hydrogens (tertiary/aromatic N) is 2. The van der Waals surface area contributed by atoms with Crippen molar-refractivity contribution in [3.8, 4) is 5.75 Å². The molecule has 0 bridgehead atoms. The number of amides is 3. The zero-order chi connectivity index (χ0) is 24.1. The molecule has 2 aliphatic rings. The number of imide groups is 1. The standard InChI is InChI=1S/C27H32N2O4/c1-17-7-9-18(10-8-17)16-28(25(32)23-26(2,3)27(23,4)5)21-15-22(30)29(24(21)31)19-11-13-20(33-6)14-12-19/h7-14,21,23H,15-16H2,1-6H3. The number of ether oxygens (including phenoxy) is 1. The van der Waals surface area contributed by atoms with Gasteiger partial charge in [0.2, 0.25) is 11.8 Å². The monoisotopic (exact) mass is 448 g/mol. The molecule has 1 saturated carbocycles. The molecule has 0 aromatic heterocycles. The number of anilines is 1. The third-order valence-electron chi connectivity index (χ3n) is 7.85. The molecular formula is C27H32N2O4. The molecule has 6 heteroatoms. The van der Waals surface area contributed by atoms with Gasteiger partial charge in [-0.25, -0.2) is 4.90 Å². The van der Waals surface area contributed by atoms with E-state index >= 15 is 0 Å². The maximum Gasteiger partial charge on any atom is 0.257 e. The summed E-state index contributed by atoms with van der Waals surface area (Å²) in [6.07, 6.45) is -0.0178. The first kappa shape index (κ1) is 23.0. The van der Waals surface area contributed by atoms with E-state index in [9.17, 15) is 14.4 Å². The quantitative estimate of drug-likeness (QED) is 0.617. The molecule has 0 spiro atoms. The molecule has 1 heterocycles. The average molecular weight is 449 g/mol. The Balaban J connectivity index is 1.66. The predicted octanol–water partition coefficient (Wildman–Crippen LogP) is 4.35. The molecule has 1 aliphatic carbocycles. The van der Waals surface area contributed by atoms with Crippen molar-refractivity contribution in [1.29, 1.82) is 0 Å². The zero-order valence-corrected chi connectivity index (χ0v) is 20.2. The van der Waals surface area contributed by atoms with Crippen LogP contribution in [0, 0.1) is 23.7 Å². The summed E-state index contributed by atoms with van der Waals surface area (Å²) in [5, 5.41) is 0. The molecule has 0 N–H and O–H groups in total. The highest BCUT2D eigenvalue weighted by Gasteiger charge is 2.69. The Morgan fingerprint density at radius 2 is 1.58 bits per heavy atom. The van der Waals surface area contributed by atoms with Crippen LogP contribution < -0.4 is 9.64 Å². The van der Waals surface area contributed by atoms with Gasteiger partial charge in [-0.1, -0.05) is 57.5 Å². The largest absolute Gasteiger partial charge is 0.497 e. The van der Waals surface area contributed by atoms with E-state index in [-0.39, 0.29) is 40.9 Å². The smallest absolute Gasteiger partial charge is 0.257 e. The molecular weight excluding hydrogens is 416 g/mol. The first-order chi connectivity index (χ1) is 15.5. The molecule has 0 radical (unpaired) electrons. The van der Waals surface area contributed by atoms with Gasteiger partial charge in [-0.2, -0.15) is 0 Å². The van der Waals surface area contributed by atoms with Crippen molar-refractivity contribution in [1.82, 2.24) is 4.90 Å². The third-order valence-corrected chi connectivity index (χ3v) is 7.85. The van der Waals surface area contributed by atoms with Gasteiger partial charge < -0.3 is 9.64 Å². The summed E-state index contributed by atoms with van der Waals surface area (Å²) in [6, 6.07) is 13.9. The minimum atomic E-state index is -0.819. The van der Waals surface area contributed by atoms with Crippen molar-refractivity contribution >= 4 is 23.4 Å². The van der Waals surface area contributed by atoms with Crippen LogP contribution in [0.25, 0.3) is 0 Å². The van der Waals surface area contributed by atoms with Crippen molar-refractivity contribution in [3.05, 3.63) is 59.7 Å². The zero-order valence-electron chi connectivity index (χ0n) is 20.2. The number of aryl methyl sites for hydroxylation is 1. The van der Waals surface area contributed by atoms with Crippen LogP contribution in [0.4, 0.5) is 5.69 Å². The Kier molecular flexibility index (Phi) is 5.59. The Labute approximate surface area is 195 Å². The normalized spacial score (nSPS) is 21.3. The van der Waals surface area contributed by atoms with E-state index < -0.39 is 6.04 Å². The van der Waals surface area contributed by atoms with Gasteiger partial charge in [-0.05, 0) is 47.6 Å². The van der Waals surface area contributed by atoms with Crippen molar-refractivity contribution in [2.75, 3.05) is 12.0 Å². The van der Waals surface area contributed by atoms with Gasteiger partial charge in [0.1, 0.15) is 11.8 Å². The van der Waals surface area contributed by atoms with E-state index in [0.29, 0.717) is 18.0 Å². The number of benzene rings is 2. The number of hydrogen-bond donors (Lipinski definition) is 0. The van der Waals surface area contributed by atoms with E-state index in [4.69, 9.17) is 4.74 Å². The lowest BCUT2D eigenvalue weighted by Crippen LogP contribution is -2.46. The van der Waals surface area contributed by atoms with Gasteiger partial charge in [0.25, 0.3) is 5.91 Å². The van der Waals surface area contributed by atoms with Gasteiger partial charge in [-0.15, -0.1) is 0 Å². The number of rotatable bonds is 6. The second kappa shape index (κ2) is 8.01. The van der Waals surface area contributed by atoms with Crippen LogP contribution in [0.2, 0.25) is 0 Å². The van der Waals surface area contributed by atoms with Crippen molar-refractivity contribution in [3.63, 3.8) is 0 Å². The van der Waals surface area contributed by atoms with Crippen LogP contribution in [0.1, 0.15) is 45.2 Å². The molecule has 4 rings (SSSR count). The van der Waals surface area contributed by atoms with Crippen LogP contribution in [0.5, 0.6) is 5.75 Å². The van der Waals surface area contributed by atoms with Gasteiger partial charge in [0.05, 0.1) is 19.2 Å². The van der Waals surface area contributed by atoms with E-state index in [0.717, 1.165) is 11.1 Å². The SMILES string of the molecule is COc1ccc(N2C(=O)CC(N(Cc3ccc(C)cc3)C(=O)C3C(C)(C)C3(C)C)C2=O)cc1. The summed E-state index contributed by atoms with van der Waals surface area (Å²) in [6.45, 7) is 10.7. The van der Waals surface area contributed by atoms with Crippen molar-refractivity contribution in [2.24, 2.45) is 16.7 Å². The molecule has 2 aromatic rings.